The average Bonchev–Trinajstić information content (AvgIpc) is 2.63. The molecule has 0 atom stereocenters. The summed E-state index contributed by atoms with van der Waals surface area (Å²) in [4.78, 5) is 4.23. The Bertz CT molecular complexity index is 1030. The van der Waals surface area contributed by atoms with Gasteiger partial charge in [-0.05, 0) is 40.6 Å². The Balaban J connectivity index is 2.23. The molecule has 1 nitrogen and oxygen atoms in total. The molecule has 3 aromatic rings. The fraction of sp³-hybridized carbons (Fsp3) is 0.227. The number of hydrogen-bond donors (Lipinski definition) is 0. The SMILES string of the molecule is [2H]c1cc(C([2H])([2H])C(C)(C)C)cc([2H])c1-c1c([2H])cnc(-c2ccccc2)c1[2H]. The van der Waals surface area contributed by atoms with Crippen LogP contribution in [0.5, 0.6) is 0 Å². The monoisotopic (exact) mass is 307 g/mol. The van der Waals surface area contributed by atoms with Crippen molar-refractivity contribution in [3.05, 3.63) is 78.4 Å². The average molecular weight is 307 g/mol. The third-order valence-electron chi connectivity index (χ3n) is 3.21. The highest BCUT2D eigenvalue weighted by Gasteiger charge is 2.11. The van der Waals surface area contributed by atoms with Crippen molar-refractivity contribution in [3.8, 4) is 22.4 Å². The summed E-state index contributed by atoms with van der Waals surface area (Å²) in [5.41, 5.74) is 0.942. The van der Waals surface area contributed by atoms with E-state index in [0.29, 0.717) is 5.69 Å². The second kappa shape index (κ2) is 6.37. The number of pyridine rings is 1. The second-order valence-corrected chi connectivity index (χ2v) is 6.40. The largest absolute Gasteiger partial charge is 0.256 e. The minimum absolute atomic E-state index is 0.0164. The van der Waals surface area contributed by atoms with E-state index >= 15 is 0 Å². The highest BCUT2D eigenvalue weighted by molar-refractivity contribution is 5.70. The molecule has 0 unspecified atom stereocenters. The van der Waals surface area contributed by atoms with Gasteiger partial charge in [0, 0.05) is 14.5 Å². The van der Waals surface area contributed by atoms with Crippen molar-refractivity contribution in [3.63, 3.8) is 0 Å². The molecule has 0 saturated heterocycles. The predicted octanol–water partition coefficient (Wildman–Crippen LogP) is 6.00. The van der Waals surface area contributed by atoms with Crippen LogP contribution in [-0.4, -0.2) is 4.98 Å². The summed E-state index contributed by atoms with van der Waals surface area (Å²) in [6.45, 7) is 5.31. The van der Waals surface area contributed by atoms with Crippen molar-refractivity contribution in [1.29, 1.82) is 0 Å². The van der Waals surface area contributed by atoms with Crippen molar-refractivity contribution in [1.82, 2.24) is 4.98 Å². The van der Waals surface area contributed by atoms with Crippen LogP contribution < -0.4 is 0 Å². The van der Waals surface area contributed by atoms with Crippen LogP contribution in [0, 0.1) is 5.41 Å². The fourth-order valence-electron chi connectivity index (χ4n) is 2.26. The molecular weight excluding hydrogens is 278 g/mol. The molecule has 0 radical (unpaired) electrons. The van der Waals surface area contributed by atoms with Crippen molar-refractivity contribution < 1.29 is 8.22 Å². The van der Waals surface area contributed by atoms with Crippen LogP contribution in [0.4, 0.5) is 0 Å². The maximum Gasteiger partial charge on any atom is 0.0708 e. The van der Waals surface area contributed by atoms with Crippen molar-refractivity contribution in [2.24, 2.45) is 5.41 Å². The van der Waals surface area contributed by atoms with Crippen LogP contribution in [0.2, 0.25) is 0 Å². The molecule has 2 aromatic carbocycles. The molecule has 0 aliphatic heterocycles. The van der Waals surface area contributed by atoms with Gasteiger partial charge in [0.15, 0.2) is 0 Å². The van der Waals surface area contributed by atoms with E-state index in [1.807, 2.05) is 30.3 Å². The minimum Gasteiger partial charge on any atom is -0.256 e. The van der Waals surface area contributed by atoms with E-state index in [-0.39, 0.29) is 40.9 Å². The van der Waals surface area contributed by atoms with Crippen molar-refractivity contribution >= 4 is 0 Å². The highest BCUT2D eigenvalue weighted by Crippen LogP contribution is 2.26. The zero-order valence-corrected chi connectivity index (χ0v) is 13.6. The Kier molecular flexibility index (Phi) is 2.68. The number of hydrogen-bond acceptors (Lipinski definition) is 1. The van der Waals surface area contributed by atoms with Crippen molar-refractivity contribution in [2.45, 2.75) is 27.1 Å². The van der Waals surface area contributed by atoms with Gasteiger partial charge in [-0.25, -0.2) is 0 Å². The summed E-state index contributed by atoms with van der Waals surface area (Å²) in [7, 11) is 0. The van der Waals surface area contributed by atoms with Crippen LogP contribution >= 0.6 is 0 Å². The van der Waals surface area contributed by atoms with Crippen LogP contribution in [-0.2, 0) is 6.37 Å². The Morgan fingerprint density at radius 3 is 2.26 bits per heavy atom. The van der Waals surface area contributed by atoms with E-state index in [9.17, 15) is 0 Å². The summed E-state index contributed by atoms with van der Waals surface area (Å²) in [6.07, 6.45) is -0.408. The number of benzene rings is 2. The van der Waals surface area contributed by atoms with Gasteiger partial charge >= 0.3 is 0 Å². The zero-order chi connectivity index (χ0) is 21.6. The molecule has 3 rings (SSSR count). The molecule has 1 aromatic heterocycles. The third kappa shape index (κ3) is 4.07. The molecule has 0 bridgehead atoms. The van der Waals surface area contributed by atoms with Gasteiger partial charge in [0.05, 0.1) is 11.2 Å². The first-order valence-corrected chi connectivity index (χ1v) is 7.59. The van der Waals surface area contributed by atoms with Crippen molar-refractivity contribution in [2.75, 3.05) is 0 Å². The molecule has 1 heteroatoms. The summed E-state index contributed by atoms with van der Waals surface area (Å²) in [5.74, 6) is 0. The zero-order valence-electron chi connectivity index (χ0n) is 19.6. The van der Waals surface area contributed by atoms with Gasteiger partial charge in [-0.2, -0.15) is 0 Å². The van der Waals surface area contributed by atoms with Gasteiger partial charge in [-0.15, -0.1) is 0 Å². The molecule has 23 heavy (non-hydrogen) atoms. The minimum atomic E-state index is -1.74. The van der Waals surface area contributed by atoms with Gasteiger partial charge in [-0.3, -0.25) is 4.98 Å². The summed E-state index contributed by atoms with van der Waals surface area (Å²) >= 11 is 0. The quantitative estimate of drug-likeness (QED) is 0.578. The molecular formula is C22H23N. The molecule has 0 aliphatic carbocycles. The van der Waals surface area contributed by atoms with E-state index in [0.717, 1.165) is 5.56 Å². The van der Waals surface area contributed by atoms with Gasteiger partial charge < -0.3 is 0 Å². The first-order valence-electron chi connectivity index (χ1n) is 10.6. The molecule has 0 amide bonds. The van der Waals surface area contributed by atoms with Gasteiger partial charge in [0.1, 0.15) is 0 Å². The van der Waals surface area contributed by atoms with E-state index in [1.54, 1.807) is 20.8 Å². The van der Waals surface area contributed by atoms with Crippen LogP contribution in [0.25, 0.3) is 22.4 Å². The Morgan fingerprint density at radius 2 is 1.61 bits per heavy atom. The van der Waals surface area contributed by atoms with E-state index in [1.165, 1.54) is 18.3 Å². The molecule has 1 heterocycles. The lowest BCUT2D eigenvalue weighted by Gasteiger charge is -2.18. The Morgan fingerprint density at radius 1 is 0.913 bits per heavy atom. The van der Waals surface area contributed by atoms with Crippen LogP contribution in [0.15, 0.2) is 72.8 Å². The molecule has 116 valence electrons. The topological polar surface area (TPSA) is 12.9 Å². The van der Waals surface area contributed by atoms with E-state index < -0.39 is 11.8 Å². The highest BCUT2D eigenvalue weighted by atomic mass is 14.7. The third-order valence-corrected chi connectivity index (χ3v) is 3.21. The first kappa shape index (κ1) is 9.67. The molecule has 0 saturated carbocycles. The summed E-state index contributed by atoms with van der Waals surface area (Å²) < 4.78 is 50.7. The number of aromatic nitrogens is 1. The fourth-order valence-corrected chi connectivity index (χ4v) is 2.26. The smallest absolute Gasteiger partial charge is 0.0708 e. The predicted molar refractivity (Wildman–Crippen MR) is 98.3 cm³/mol. The normalized spacial score (nSPS) is 15.8. The number of rotatable bonds is 3. The van der Waals surface area contributed by atoms with Crippen LogP contribution in [0.3, 0.4) is 0 Å². The van der Waals surface area contributed by atoms with Crippen LogP contribution in [0.1, 0.15) is 34.6 Å². The molecule has 0 N–H and O–H groups in total. The van der Waals surface area contributed by atoms with Gasteiger partial charge in [0.2, 0.25) is 0 Å². The second-order valence-electron chi connectivity index (χ2n) is 6.40. The standard InChI is InChI=1S/C22H23N/c1-22(2,3)16-17-9-11-18(12-10-17)20-13-14-23-21(15-20)19-7-5-4-6-8-19/h4-15H,16H2,1-3H3/i11D,12D,13D,15D,16D2. The summed E-state index contributed by atoms with van der Waals surface area (Å²) in [5, 5.41) is 0. The molecule has 0 spiro atoms. The van der Waals surface area contributed by atoms with E-state index in [2.05, 4.69) is 4.98 Å². The molecule has 0 fully saturated rings. The Labute approximate surface area is 147 Å². The van der Waals surface area contributed by atoms with E-state index in [4.69, 9.17) is 8.22 Å². The summed E-state index contributed by atoms with van der Waals surface area (Å²) in [6, 6.07) is 11.8. The maximum atomic E-state index is 8.61. The Hall–Kier alpha value is -2.41. The molecule has 0 aliphatic rings. The lowest BCUT2D eigenvalue weighted by atomic mass is 9.87. The van der Waals surface area contributed by atoms with Gasteiger partial charge in [0.25, 0.3) is 0 Å². The first-order chi connectivity index (χ1) is 13.4. The van der Waals surface area contributed by atoms with Gasteiger partial charge in [-0.1, -0.05) is 75.3 Å². The lowest BCUT2D eigenvalue weighted by Crippen LogP contribution is -2.08. The maximum absolute atomic E-state index is 8.61. The lowest BCUT2D eigenvalue weighted by molar-refractivity contribution is 0.411. The number of nitrogens with zero attached hydrogens (tertiary/aromatic N) is 1.